The third-order valence-electron chi connectivity index (χ3n) is 4.27. The smallest absolute Gasteiger partial charge is 0.310 e. The van der Waals surface area contributed by atoms with Crippen LogP contribution in [0.25, 0.3) is 22.4 Å². The lowest BCUT2D eigenvalue weighted by Gasteiger charge is -2.13. The first-order valence-corrected chi connectivity index (χ1v) is 8.65. The van der Waals surface area contributed by atoms with Gasteiger partial charge in [0.25, 0.3) is 0 Å². The Kier molecular flexibility index (Phi) is 5.67. The van der Waals surface area contributed by atoms with E-state index < -0.39 is 11.8 Å². The van der Waals surface area contributed by atoms with Gasteiger partial charge in [-0.05, 0) is 31.2 Å². The monoisotopic (exact) mass is 388 g/mol. The van der Waals surface area contributed by atoms with Crippen molar-refractivity contribution >= 4 is 17.0 Å². The summed E-state index contributed by atoms with van der Waals surface area (Å²) < 4.78 is 35.4. The molecule has 148 valence electrons. The van der Waals surface area contributed by atoms with Crippen molar-refractivity contribution < 1.29 is 28.1 Å². The zero-order valence-corrected chi connectivity index (χ0v) is 16.1. The van der Waals surface area contributed by atoms with Crippen LogP contribution in [-0.4, -0.2) is 43.9 Å². The molecule has 7 nitrogen and oxygen atoms in total. The van der Waals surface area contributed by atoms with Crippen LogP contribution in [0, 0.1) is 5.82 Å². The SMILES string of the molecule is CCOC(=O)Cc1c(F)ccc2nc(-c3cc(OC)c(OC)c(OC)c3)[nH]c12. The Labute approximate surface area is 161 Å². The molecule has 0 bridgehead atoms. The van der Waals surface area contributed by atoms with Gasteiger partial charge in [-0.15, -0.1) is 0 Å². The Balaban J connectivity index is 2.11. The van der Waals surface area contributed by atoms with E-state index >= 15 is 0 Å². The maximum absolute atomic E-state index is 14.4. The molecule has 0 amide bonds. The van der Waals surface area contributed by atoms with Crippen molar-refractivity contribution in [1.82, 2.24) is 9.97 Å². The number of benzene rings is 2. The fraction of sp³-hybridized carbons (Fsp3) is 0.300. The highest BCUT2D eigenvalue weighted by molar-refractivity contribution is 5.87. The van der Waals surface area contributed by atoms with E-state index in [1.54, 1.807) is 25.1 Å². The number of carbonyl (C=O) groups excluding carboxylic acids is 1. The number of hydrogen-bond acceptors (Lipinski definition) is 6. The molecule has 2 aromatic carbocycles. The number of rotatable bonds is 7. The summed E-state index contributed by atoms with van der Waals surface area (Å²) in [6, 6.07) is 6.31. The second-order valence-corrected chi connectivity index (χ2v) is 5.90. The van der Waals surface area contributed by atoms with Crippen LogP contribution in [0.4, 0.5) is 4.39 Å². The Morgan fingerprint density at radius 2 is 1.79 bits per heavy atom. The molecule has 28 heavy (non-hydrogen) atoms. The molecule has 0 unspecified atom stereocenters. The van der Waals surface area contributed by atoms with Gasteiger partial charge in [0.1, 0.15) is 11.6 Å². The molecule has 0 aliphatic rings. The van der Waals surface area contributed by atoms with Crippen LogP contribution in [0.5, 0.6) is 17.2 Å². The summed E-state index contributed by atoms with van der Waals surface area (Å²) >= 11 is 0. The average Bonchev–Trinajstić information content (AvgIpc) is 3.13. The fourth-order valence-corrected chi connectivity index (χ4v) is 2.99. The molecular formula is C20H21FN2O5. The van der Waals surface area contributed by atoms with Crippen LogP contribution in [0.2, 0.25) is 0 Å². The molecule has 8 heteroatoms. The maximum Gasteiger partial charge on any atom is 0.310 e. The highest BCUT2D eigenvalue weighted by Crippen LogP contribution is 2.41. The van der Waals surface area contributed by atoms with Gasteiger partial charge in [0.2, 0.25) is 5.75 Å². The van der Waals surface area contributed by atoms with Crippen molar-refractivity contribution in [1.29, 1.82) is 0 Å². The molecule has 0 saturated carbocycles. The molecule has 0 fully saturated rings. The van der Waals surface area contributed by atoms with E-state index in [9.17, 15) is 9.18 Å². The summed E-state index contributed by atoms with van der Waals surface area (Å²) in [7, 11) is 4.56. The average molecular weight is 388 g/mol. The lowest BCUT2D eigenvalue weighted by molar-refractivity contribution is -0.142. The molecule has 3 rings (SSSR count). The Morgan fingerprint density at radius 1 is 1.11 bits per heavy atom. The quantitative estimate of drug-likeness (QED) is 0.624. The standard InChI is InChI=1S/C20H21FN2O5/c1-5-28-17(24)10-12-13(21)6-7-14-18(12)23-20(22-14)11-8-15(25-2)19(27-4)16(9-11)26-3/h6-9H,5,10H2,1-4H3,(H,22,23). The van der Waals surface area contributed by atoms with Crippen molar-refractivity contribution in [3.8, 4) is 28.6 Å². The molecule has 0 saturated heterocycles. The van der Waals surface area contributed by atoms with Gasteiger partial charge in [0, 0.05) is 11.1 Å². The van der Waals surface area contributed by atoms with Crippen LogP contribution in [0.1, 0.15) is 12.5 Å². The molecular weight excluding hydrogens is 367 g/mol. The molecule has 0 spiro atoms. The van der Waals surface area contributed by atoms with E-state index in [4.69, 9.17) is 18.9 Å². The summed E-state index contributed by atoms with van der Waals surface area (Å²) in [4.78, 5) is 19.5. The van der Waals surface area contributed by atoms with E-state index in [1.165, 1.54) is 27.4 Å². The number of imidazole rings is 1. The van der Waals surface area contributed by atoms with Crippen LogP contribution >= 0.6 is 0 Å². The maximum atomic E-state index is 14.4. The molecule has 3 aromatic rings. The number of esters is 1. The number of carbonyl (C=O) groups is 1. The first-order valence-electron chi connectivity index (χ1n) is 8.65. The van der Waals surface area contributed by atoms with Gasteiger partial charge in [-0.3, -0.25) is 4.79 Å². The van der Waals surface area contributed by atoms with Crippen LogP contribution in [0.15, 0.2) is 24.3 Å². The predicted octanol–water partition coefficient (Wildman–Crippen LogP) is 3.50. The highest BCUT2D eigenvalue weighted by Gasteiger charge is 2.19. The zero-order chi connectivity index (χ0) is 20.3. The number of methoxy groups -OCH3 is 3. The minimum Gasteiger partial charge on any atom is -0.493 e. The summed E-state index contributed by atoms with van der Waals surface area (Å²) in [6.45, 7) is 1.93. The normalized spacial score (nSPS) is 10.8. The van der Waals surface area contributed by atoms with E-state index in [2.05, 4.69) is 9.97 Å². The largest absolute Gasteiger partial charge is 0.493 e. The molecule has 0 aliphatic heterocycles. The lowest BCUT2D eigenvalue weighted by Crippen LogP contribution is -2.09. The van der Waals surface area contributed by atoms with Gasteiger partial charge < -0.3 is 23.9 Å². The number of H-pyrrole nitrogens is 1. The number of aromatic amines is 1. The van der Waals surface area contributed by atoms with Crippen molar-refractivity contribution in [2.45, 2.75) is 13.3 Å². The number of nitrogens with one attached hydrogen (secondary N) is 1. The molecule has 1 aromatic heterocycles. The van der Waals surface area contributed by atoms with Crippen LogP contribution < -0.4 is 14.2 Å². The minimum absolute atomic E-state index is 0.187. The minimum atomic E-state index is -0.502. The molecule has 0 atom stereocenters. The van der Waals surface area contributed by atoms with Crippen molar-refractivity contribution in [2.75, 3.05) is 27.9 Å². The molecule has 1 N–H and O–H groups in total. The number of ether oxygens (including phenoxy) is 4. The second-order valence-electron chi connectivity index (χ2n) is 5.90. The molecule has 1 heterocycles. The van der Waals surface area contributed by atoms with Gasteiger partial charge in [-0.25, -0.2) is 9.37 Å². The topological polar surface area (TPSA) is 82.7 Å². The number of nitrogens with zero attached hydrogens (tertiary/aromatic N) is 1. The zero-order valence-electron chi connectivity index (χ0n) is 16.1. The fourth-order valence-electron chi connectivity index (χ4n) is 2.99. The van der Waals surface area contributed by atoms with Gasteiger partial charge in [0.15, 0.2) is 11.5 Å². The van der Waals surface area contributed by atoms with Crippen LogP contribution in [-0.2, 0) is 16.0 Å². The van der Waals surface area contributed by atoms with Crippen molar-refractivity contribution in [2.24, 2.45) is 0 Å². The van der Waals surface area contributed by atoms with Gasteiger partial charge in [-0.1, -0.05) is 0 Å². The van der Waals surface area contributed by atoms with Crippen LogP contribution in [0.3, 0.4) is 0 Å². The van der Waals surface area contributed by atoms with Crippen molar-refractivity contribution in [3.05, 3.63) is 35.6 Å². The third kappa shape index (κ3) is 3.58. The van der Waals surface area contributed by atoms with Crippen molar-refractivity contribution in [3.63, 3.8) is 0 Å². The summed E-state index contributed by atoms with van der Waals surface area (Å²) in [5.74, 6) is 0.868. The number of fused-ring (bicyclic) bond motifs is 1. The summed E-state index contributed by atoms with van der Waals surface area (Å²) in [5.41, 5.74) is 1.84. The summed E-state index contributed by atoms with van der Waals surface area (Å²) in [6.07, 6.45) is -0.187. The first-order chi connectivity index (χ1) is 13.5. The second kappa shape index (κ2) is 8.16. The molecule has 0 radical (unpaired) electrons. The van der Waals surface area contributed by atoms with E-state index in [-0.39, 0.29) is 18.6 Å². The lowest BCUT2D eigenvalue weighted by atomic mass is 10.1. The van der Waals surface area contributed by atoms with E-state index in [0.29, 0.717) is 39.7 Å². The number of aromatic nitrogens is 2. The Bertz CT molecular complexity index is 990. The Hall–Kier alpha value is -3.29. The third-order valence-corrected chi connectivity index (χ3v) is 4.27. The van der Waals surface area contributed by atoms with E-state index in [1.807, 2.05) is 0 Å². The number of halogens is 1. The Morgan fingerprint density at radius 3 is 2.36 bits per heavy atom. The predicted molar refractivity (Wildman–Crippen MR) is 101 cm³/mol. The van der Waals surface area contributed by atoms with Gasteiger partial charge in [-0.2, -0.15) is 0 Å². The molecule has 0 aliphatic carbocycles. The first kappa shape index (κ1) is 19.5. The van der Waals surface area contributed by atoms with Gasteiger partial charge in [0.05, 0.1) is 45.4 Å². The summed E-state index contributed by atoms with van der Waals surface area (Å²) in [5, 5.41) is 0. The number of hydrogen-bond donors (Lipinski definition) is 1. The van der Waals surface area contributed by atoms with Gasteiger partial charge >= 0.3 is 5.97 Å². The van der Waals surface area contributed by atoms with E-state index in [0.717, 1.165) is 0 Å². The highest BCUT2D eigenvalue weighted by atomic mass is 19.1.